The topological polar surface area (TPSA) is 95.9 Å². The van der Waals surface area contributed by atoms with E-state index in [1.165, 1.54) is 4.90 Å². The lowest BCUT2D eigenvalue weighted by molar-refractivity contribution is -0.152. The number of carboxylic acids is 1. The van der Waals surface area contributed by atoms with E-state index in [0.29, 0.717) is 13.0 Å². The van der Waals surface area contributed by atoms with Gasteiger partial charge in [0.25, 0.3) is 0 Å². The number of nitrogens with one attached hydrogen (secondary N) is 1. The minimum absolute atomic E-state index is 0.0304. The van der Waals surface area contributed by atoms with Crippen molar-refractivity contribution in [2.24, 2.45) is 5.92 Å². The molecule has 184 valence electrons. The van der Waals surface area contributed by atoms with E-state index in [4.69, 9.17) is 4.74 Å². The maximum absolute atomic E-state index is 13.5. The van der Waals surface area contributed by atoms with Crippen molar-refractivity contribution in [2.75, 3.05) is 13.2 Å². The van der Waals surface area contributed by atoms with Gasteiger partial charge in [0.2, 0.25) is 5.91 Å². The number of aliphatic carboxylic acids is 1. The lowest BCUT2D eigenvalue weighted by Gasteiger charge is -2.34. The first-order valence-corrected chi connectivity index (χ1v) is 12.7. The zero-order valence-electron chi connectivity index (χ0n) is 19.8. The average Bonchev–Trinajstić information content (AvgIpc) is 3.63. The third-order valence-electron chi connectivity index (χ3n) is 7.55. The molecule has 0 aromatic heterocycles. The molecule has 2 atom stereocenters. The minimum atomic E-state index is -0.976. The number of ether oxygens (including phenoxy) is 1. The van der Waals surface area contributed by atoms with Crippen LogP contribution >= 0.6 is 0 Å². The number of carbonyl (C=O) groups is 3. The van der Waals surface area contributed by atoms with Gasteiger partial charge in [0.05, 0.1) is 0 Å². The molecule has 3 aliphatic rings. The molecule has 2 aromatic carbocycles. The number of nitrogens with zero attached hydrogens (tertiary/aromatic N) is 1. The number of carbonyl (C=O) groups excluding carboxylic acids is 2. The normalized spacial score (nSPS) is 20.7. The van der Waals surface area contributed by atoms with Gasteiger partial charge in [0, 0.05) is 12.5 Å². The molecule has 2 N–H and O–H groups in total. The van der Waals surface area contributed by atoms with Crippen molar-refractivity contribution in [1.29, 1.82) is 0 Å². The third-order valence-corrected chi connectivity index (χ3v) is 7.55. The van der Waals surface area contributed by atoms with Crippen LogP contribution in [0, 0.1) is 5.92 Å². The molecule has 2 aromatic rings. The number of fused-ring (bicyclic) bond motifs is 3. The smallest absolute Gasteiger partial charge is 0.407 e. The van der Waals surface area contributed by atoms with E-state index in [1.54, 1.807) is 0 Å². The Kier molecular flexibility index (Phi) is 6.75. The van der Waals surface area contributed by atoms with E-state index in [0.717, 1.165) is 60.8 Å². The predicted octanol–water partition coefficient (Wildman–Crippen LogP) is 4.55. The van der Waals surface area contributed by atoms with Gasteiger partial charge in [-0.05, 0) is 53.9 Å². The molecule has 1 heterocycles. The molecule has 0 bridgehead atoms. The summed E-state index contributed by atoms with van der Waals surface area (Å²) in [4.78, 5) is 39.7. The number of likely N-dealkylation sites (tertiary alicyclic amines) is 1. The first kappa shape index (κ1) is 23.4. The Morgan fingerprint density at radius 1 is 0.914 bits per heavy atom. The molecule has 0 radical (unpaired) electrons. The Labute approximate surface area is 205 Å². The summed E-state index contributed by atoms with van der Waals surface area (Å²) in [6, 6.07) is 14.7. The fourth-order valence-corrected chi connectivity index (χ4v) is 5.56. The van der Waals surface area contributed by atoms with Crippen molar-refractivity contribution in [3.8, 4) is 11.1 Å². The van der Waals surface area contributed by atoms with Crippen LogP contribution in [0.3, 0.4) is 0 Å². The van der Waals surface area contributed by atoms with Gasteiger partial charge in [0.15, 0.2) is 0 Å². The quantitative estimate of drug-likeness (QED) is 0.638. The number of benzene rings is 2. The van der Waals surface area contributed by atoms with Gasteiger partial charge < -0.3 is 20.1 Å². The minimum Gasteiger partial charge on any atom is -0.480 e. The summed E-state index contributed by atoms with van der Waals surface area (Å²) in [5.41, 5.74) is 4.56. The van der Waals surface area contributed by atoms with Crippen LogP contribution in [0.4, 0.5) is 4.79 Å². The summed E-state index contributed by atoms with van der Waals surface area (Å²) >= 11 is 0. The lowest BCUT2D eigenvalue weighted by Crippen LogP contribution is -2.55. The molecule has 2 unspecified atom stereocenters. The highest BCUT2D eigenvalue weighted by molar-refractivity contribution is 5.90. The molecule has 35 heavy (non-hydrogen) atoms. The molecule has 2 amide bonds. The molecule has 1 saturated carbocycles. The van der Waals surface area contributed by atoms with Crippen LogP contribution < -0.4 is 5.32 Å². The van der Waals surface area contributed by atoms with Crippen LogP contribution in [-0.4, -0.2) is 53.2 Å². The monoisotopic (exact) mass is 476 g/mol. The van der Waals surface area contributed by atoms with Gasteiger partial charge in [-0.3, -0.25) is 4.79 Å². The van der Waals surface area contributed by atoms with Crippen LogP contribution in [0.2, 0.25) is 0 Å². The number of alkyl carbamates (subject to hydrolysis) is 1. The van der Waals surface area contributed by atoms with Crippen molar-refractivity contribution in [3.63, 3.8) is 0 Å². The molecule has 1 aliphatic heterocycles. The fraction of sp³-hybridized carbons (Fsp3) is 0.464. The molecule has 0 spiro atoms. The zero-order chi connectivity index (χ0) is 24.4. The fourth-order valence-electron chi connectivity index (χ4n) is 5.56. The SMILES string of the molecule is O=C(NC(C(=O)N1CCCCCCC1C(=O)O)C1CC1)OCC1c2ccccc2-c2ccccc21. The first-order chi connectivity index (χ1) is 17.0. The molecule has 7 heteroatoms. The maximum atomic E-state index is 13.5. The second-order valence-electron chi connectivity index (χ2n) is 9.87. The highest BCUT2D eigenvalue weighted by Gasteiger charge is 2.42. The Morgan fingerprint density at radius 3 is 2.17 bits per heavy atom. The van der Waals surface area contributed by atoms with E-state index in [2.05, 4.69) is 29.6 Å². The molecule has 5 rings (SSSR count). The molecule has 2 aliphatic carbocycles. The molecule has 1 saturated heterocycles. The van der Waals surface area contributed by atoms with Gasteiger partial charge >= 0.3 is 12.1 Å². The summed E-state index contributed by atoms with van der Waals surface area (Å²) in [6.45, 7) is 0.582. The summed E-state index contributed by atoms with van der Waals surface area (Å²) in [7, 11) is 0. The number of carboxylic acid groups (broad SMARTS) is 1. The number of hydrogen-bond acceptors (Lipinski definition) is 4. The standard InChI is InChI=1S/C28H32N2O5/c31-26(30-16-8-2-1-3-13-24(30)27(32)33)25(18-14-15-18)29-28(34)35-17-23-21-11-6-4-9-19(21)20-10-5-7-12-22(20)23/h4-7,9-12,18,23-25H,1-3,8,13-17H2,(H,29,34)(H,32,33). The van der Waals surface area contributed by atoms with Crippen LogP contribution in [0.5, 0.6) is 0 Å². The molecule has 7 nitrogen and oxygen atoms in total. The lowest BCUT2D eigenvalue weighted by atomic mass is 9.98. The summed E-state index contributed by atoms with van der Waals surface area (Å²) < 4.78 is 5.67. The molecular formula is C28H32N2O5. The van der Waals surface area contributed by atoms with Crippen LogP contribution in [-0.2, 0) is 14.3 Å². The average molecular weight is 477 g/mol. The summed E-state index contributed by atoms with van der Waals surface area (Å²) in [5, 5.41) is 12.6. The third kappa shape index (κ3) is 4.90. The Morgan fingerprint density at radius 2 is 1.54 bits per heavy atom. The van der Waals surface area contributed by atoms with Crippen LogP contribution in [0.1, 0.15) is 62.0 Å². The van der Waals surface area contributed by atoms with E-state index in [-0.39, 0.29) is 24.3 Å². The number of hydrogen-bond donors (Lipinski definition) is 2. The first-order valence-electron chi connectivity index (χ1n) is 12.7. The van der Waals surface area contributed by atoms with Crippen molar-refractivity contribution in [2.45, 2.75) is 62.9 Å². The van der Waals surface area contributed by atoms with E-state index < -0.39 is 24.1 Å². The second-order valence-corrected chi connectivity index (χ2v) is 9.87. The molecular weight excluding hydrogens is 444 g/mol. The largest absolute Gasteiger partial charge is 0.480 e. The van der Waals surface area contributed by atoms with Crippen LogP contribution in [0.15, 0.2) is 48.5 Å². The van der Waals surface area contributed by atoms with Crippen LogP contribution in [0.25, 0.3) is 11.1 Å². The van der Waals surface area contributed by atoms with Gasteiger partial charge in [-0.2, -0.15) is 0 Å². The van der Waals surface area contributed by atoms with E-state index in [9.17, 15) is 19.5 Å². The second kappa shape index (κ2) is 10.1. The Bertz CT molecular complexity index is 1070. The van der Waals surface area contributed by atoms with Gasteiger partial charge in [-0.25, -0.2) is 9.59 Å². The van der Waals surface area contributed by atoms with Gasteiger partial charge in [-0.15, -0.1) is 0 Å². The predicted molar refractivity (Wildman–Crippen MR) is 131 cm³/mol. The van der Waals surface area contributed by atoms with E-state index >= 15 is 0 Å². The summed E-state index contributed by atoms with van der Waals surface area (Å²) in [6.07, 6.45) is 5.02. The van der Waals surface area contributed by atoms with Crippen molar-refractivity contribution in [1.82, 2.24) is 10.2 Å². The number of rotatable bonds is 6. The maximum Gasteiger partial charge on any atom is 0.407 e. The van der Waals surface area contributed by atoms with Crippen molar-refractivity contribution < 1.29 is 24.2 Å². The zero-order valence-corrected chi connectivity index (χ0v) is 19.8. The highest BCUT2D eigenvalue weighted by atomic mass is 16.5. The van der Waals surface area contributed by atoms with E-state index in [1.807, 2.05) is 24.3 Å². The molecule has 2 fully saturated rings. The highest BCUT2D eigenvalue weighted by Crippen LogP contribution is 2.44. The van der Waals surface area contributed by atoms with Crippen molar-refractivity contribution in [3.05, 3.63) is 59.7 Å². The Hall–Kier alpha value is -3.35. The number of amides is 2. The Balaban J connectivity index is 1.27. The van der Waals surface area contributed by atoms with Gasteiger partial charge in [0.1, 0.15) is 18.7 Å². The van der Waals surface area contributed by atoms with Crippen molar-refractivity contribution >= 4 is 18.0 Å². The summed E-state index contributed by atoms with van der Waals surface area (Å²) in [5.74, 6) is -1.30. The van der Waals surface area contributed by atoms with Gasteiger partial charge in [-0.1, -0.05) is 67.8 Å².